The summed E-state index contributed by atoms with van der Waals surface area (Å²) < 4.78 is 6.14. The summed E-state index contributed by atoms with van der Waals surface area (Å²) in [5.74, 6) is 1.11. The van der Waals surface area contributed by atoms with Gasteiger partial charge in [0.2, 0.25) is 0 Å². The maximum absolute atomic E-state index is 6.14. The molecular weight excluding hydrogens is 210 g/mol. The number of hydrogen-bond acceptors (Lipinski definition) is 2. The molecule has 0 radical (unpaired) electrons. The van der Waals surface area contributed by atoms with E-state index in [1.54, 1.807) is 0 Å². The van der Waals surface area contributed by atoms with Crippen LogP contribution in [0.1, 0.15) is 25.7 Å². The summed E-state index contributed by atoms with van der Waals surface area (Å²) in [4.78, 5) is 0. The number of alkyl halides is 1. The summed E-state index contributed by atoms with van der Waals surface area (Å²) in [6, 6.07) is 0. The summed E-state index contributed by atoms with van der Waals surface area (Å²) in [5.41, 5.74) is 1.42. The molecule has 2 heterocycles. The van der Waals surface area contributed by atoms with E-state index in [4.69, 9.17) is 16.3 Å². The van der Waals surface area contributed by atoms with E-state index in [1.807, 2.05) is 0 Å². The second-order valence-electron chi connectivity index (χ2n) is 4.72. The summed E-state index contributed by atoms with van der Waals surface area (Å²) in [5, 5.41) is 3.55. The predicted octanol–water partition coefficient (Wildman–Crippen LogP) is 2.35. The monoisotopic (exact) mass is 225 g/mol. The van der Waals surface area contributed by atoms with Gasteiger partial charge in [0.1, 0.15) is 11.4 Å². The first-order valence-corrected chi connectivity index (χ1v) is 6.16. The summed E-state index contributed by atoms with van der Waals surface area (Å²) in [7, 11) is 0. The van der Waals surface area contributed by atoms with Crippen LogP contribution in [-0.4, -0.2) is 24.1 Å². The van der Waals surface area contributed by atoms with Gasteiger partial charge in [-0.05, 0) is 44.0 Å². The number of allylic oxidation sites excluding steroid dienone is 3. The Balaban J connectivity index is 1.84. The fourth-order valence-electron chi connectivity index (χ4n) is 2.75. The number of fused-ring (bicyclic) bond motifs is 1. The molecule has 1 spiro atoms. The molecular formula is C12H16ClNO. The number of hydrogen-bond donors (Lipinski definition) is 1. The molecule has 3 rings (SSSR count). The molecule has 15 heavy (non-hydrogen) atoms. The molecule has 0 bridgehead atoms. The van der Waals surface area contributed by atoms with Crippen LogP contribution in [0.3, 0.4) is 0 Å². The van der Waals surface area contributed by atoms with Crippen molar-refractivity contribution in [2.45, 2.75) is 36.7 Å². The van der Waals surface area contributed by atoms with Crippen molar-refractivity contribution < 1.29 is 4.74 Å². The smallest absolute Gasteiger partial charge is 0.119 e. The van der Waals surface area contributed by atoms with Gasteiger partial charge in [0.15, 0.2) is 0 Å². The minimum Gasteiger partial charge on any atom is -0.487 e. The third kappa shape index (κ3) is 1.70. The van der Waals surface area contributed by atoms with Crippen molar-refractivity contribution in [1.29, 1.82) is 0 Å². The Hall–Kier alpha value is -0.470. The first kappa shape index (κ1) is 9.73. The highest BCUT2D eigenvalue weighted by atomic mass is 35.5. The van der Waals surface area contributed by atoms with Crippen molar-refractivity contribution in [3.05, 3.63) is 23.5 Å². The van der Waals surface area contributed by atoms with Crippen LogP contribution < -0.4 is 5.32 Å². The fraction of sp³-hybridized carbons (Fsp3) is 0.667. The van der Waals surface area contributed by atoms with Crippen LogP contribution in [0, 0.1) is 0 Å². The van der Waals surface area contributed by atoms with E-state index < -0.39 is 0 Å². The van der Waals surface area contributed by atoms with Crippen LogP contribution in [0.15, 0.2) is 23.5 Å². The maximum Gasteiger partial charge on any atom is 0.119 e. The molecule has 2 nitrogen and oxygen atoms in total. The number of rotatable bonds is 0. The Kier molecular flexibility index (Phi) is 2.29. The molecule has 1 aliphatic carbocycles. The van der Waals surface area contributed by atoms with Crippen molar-refractivity contribution in [2.24, 2.45) is 0 Å². The topological polar surface area (TPSA) is 21.3 Å². The molecule has 2 saturated heterocycles. The van der Waals surface area contributed by atoms with Crippen LogP contribution in [-0.2, 0) is 4.74 Å². The van der Waals surface area contributed by atoms with Gasteiger partial charge in [0, 0.05) is 6.42 Å². The van der Waals surface area contributed by atoms with Gasteiger partial charge in [0.05, 0.1) is 5.38 Å². The Bertz CT molecular complexity index is 329. The molecule has 82 valence electrons. The van der Waals surface area contributed by atoms with Crippen molar-refractivity contribution in [2.75, 3.05) is 13.1 Å². The lowest BCUT2D eigenvalue weighted by Gasteiger charge is -2.32. The highest BCUT2D eigenvalue weighted by Crippen LogP contribution is 2.44. The summed E-state index contributed by atoms with van der Waals surface area (Å²) in [6.07, 6.45) is 8.54. The highest BCUT2D eigenvalue weighted by Gasteiger charge is 2.42. The minimum absolute atomic E-state index is 0.0872. The number of nitrogens with one attached hydrogen (secondary N) is 1. The zero-order valence-electron chi connectivity index (χ0n) is 8.76. The Morgan fingerprint density at radius 3 is 3.00 bits per heavy atom. The van der Waals surface area contributed by atoms with Crippen molar-refractivity contribution in [3.63, 3.8) is 0 Å². The zero-order chi connectivity index (χ0) is 10.3. The van der Waals surface area contributed by atoms with Crippen LogP contribution in [0.4, 0.5) is 0 Å². The average molecular weight is 226 g/mol. The average Bonchev–Trinajstić information content (AvgIpc) is 2.56. The van der Waals surface area contributed by atoms with E-state index >= 15 is 0 Å². The van der Waals surface area contributed by atoms with Crippen molar-refractivity contribution in [3.8, 4) is 0 Å². The second-order valence-corrected chi connectivity index (χ2v) is 5.28. The molecule has 1 atom stereocenters. The predicted molar refractivity (Wildman–Crippen MR) is 61.0 cm³/mol. The molecule has 2 fully saturated rings. The number of piperidine rings is 1. The van der Waals surface area contributed by atoms with Crippen molar-refractivity contribution in [1.82, 2.24) is 5.32 Å². The van der Waals surface area contributed by atoms with Gasteiger partial charge in [-0.15, -0.1) is 11.6 Å². The van der Waals surface area contributed by atoms with Crippen LogP contribution in [0.2, 0.25) is 0 Å². The lowest BCUT2D eigenvalue weighted by molar-refractivity contribution is 0.0115. The van der Waals surface area contributed by atoms with Gasteiger partial charge < -0.3 is 10.1 Å². The molecule has 1 N–H and O–H groups in total. The van der Waals surface area contributed by atoms with Gasteiger partial charge in [0.25, 0.3) is 0 Å². The maximum atomic E-state index is 6.14. The zero-order valence-corrected chi connectivity index (χ0v) is 9.52. The lowest BCUT2D eigenvalue weighted by Crippen LogP contribution is -2.41. The van der Waals surface area contributed by atoms with E-state index in [2.05, 4.69) is 17.5 Å². The molecule has 0 amide bonds. The molecule has 0 aromatic carbocycles. The molecule has 0 aromatic rings. The van der Waals surface area contributed by atoms with Gasteiger partial charge in [-0.2, -0.15) is 0 Å². The van der Waals surface area contributed by atoms with Gasteiger partial charge >= 0.3 is 0 Å². The Morgan fingerprint density at radius 1 is 1.40 bits per heavy atom. The van der Waals surface area contributed by atoms with E-state index in [0.717, 1.165) is 44.5 Å². The van der Waals surface area contributed by atoms with Crippen LogP contribution >= 0.6 is 11.6 Å². The second kappa shape index (κ2) is 3.53. The largest absolute Gasteiger partial charge is 0.487 e. The Morgan fingerprint density at radius 2 is 2.20 bits per heavy atom. The quantitative estimate of drug-likeness (QED) is 0.639. The third-order valence-electron chi connectivity index (χ3n) is 3.58. The number of halogens is 1. The Labute approximate surface area is 95.3 Å². The van der Waals surface area contributed by atoms with E-state index in [-0.39, 0.29) is 11.0 Å². The molecule has 0 aromatic heterocycles. The highest BCUT2D eigenvalue weighted by molar-refractivity contribution is 6.22. The normalized spacial score (nSPS) is 33.0. The minimum atomic E-state index is 0.0872. The first-order chi connectivity index (χ1) is 7.27. The third-order valence-corrected chi connectivity index (χ3v) is 3.88. The van der Waals surface area contributed by atoms with Crippen molar-refractivity contribution >= 4 is 11.6 Å². The van der Waals surface area contributed by atoms with Crippen LogP contribution in [0.5, 0.6) is 0 Å². The molecule has 2 aliphatic heterocycles. The summed E-state index contributed by atoms with van der Waals surface area (Å²) in [6.45, 7) is 2.15. The van der Waals surface area contributed by atoms with Gasteiger partial charge in [-0.25, -0.2) is 0 Å². The van der Waals surface area contributed by atoms with E-state index in [1.165, 1.54) is 5.57 Å². The van der Waals surface area contributed by atoms with Gasteiger partial charge in [-0.1, -0.05) is 6.08 Å². The SMILES string of the molecule is ClC1C=C2CC3(CCNCC3)OC2=CC1. The van der Waals surface area contributed by atoms with Gasteiger partial charge in [-0.3, -0.25) is 0 Å². The molecule has 3 heteroatoms. The molecule has 1 unspecified atom stereocenters. The van der Waals surface area contributed by atoms with Crippen LogP contribution in [0.25, 0.3) is 0 Å². The standard InChI is InChI=1S/C12H16ClNO/c13-10-1-2-11-9(7-10)8-12(15-11)3-5-14-6-4-12/h2,7,10,14H,1,3-6,8H2. The molecule has 3 aliphatic rings. The first-order valence-electron chi connectivity index (χ1n) is 5.72. The van der Waals surface area contributed by atoms with E-state index in [9.17, 15) is 0 Å². The lowest BCUT2D eigenvalue weighted by atomic mass is 9.87. The summed E-state index contributed by atoms with van der Waals surface area (Å²) >= 11 is 6.12. The molecule has 0 saturated carbocycles. The van der Waals surface area contributed by atoms with E-state index in [0.29, 0.717) is 0 Å². The fourth-order valence-corrected chi connectivity index (χ4v) is 2.99. The number of ether oxygens (including phenoxy) is 1.